The molecule has 6 aromatic rings. The number of rotatable bonds is 4. The smallest absolute Gasteiger partial charge is 0.0991 e. The highest BCUT2D eigenvalue weighted by atomic mass is 15.1. The lowest BCUT2D eigenvalue weighted by Gasteiger charge is -2.61. The molecule has 0 radical (unpaired) electrons. The average Bonchev–Trinajstić information content (AvgIpc) is 3.60. The van der Waals surface area contributed by atoms with Crippen molar-refractivity contribution in [2.45, 2.75) is 56.8 Å². The van der Waals surface area contributed by atoms with Gasteiger partial charge in [0.25, 0.3) is 0 Å². The molecule has 0 aliphatic heterocycles. The van der Waals surface area contributed by atoms with Gasteiger partial charge in [0.2, 0.25) is 0 Å². The molecule has 0 unspecified atom stereocenters. The van der Waals surface area contributed by atoms with E-state index in [0.29, 0.717) is 17.4 Å². The van der Waals surface area contributed by atoms with E-state index in [1.54, 1.807) is 11.1 Å². The summed E-state index contributed by atoms with van der Waals surface area (Å²) in [7, 11) is 0. The first kappa shape index (κ1) is 30.3. The van der Waals surface area contributed by atoms with Crippen molar-refractivity contribution in [2.75, 3.05) is 4.90 Å². The Hall–Kier alpha value is -5.39. The van der Waals surface area contributed by atoms with Crippen molar-refractivity contribution in [3.63, 3.8) is 0 Å². The third kappa shape index (κ3) is 4.00. The predicted octanol–water partition coefficient (Wildman–Crippen LogP) is 12.7. The van der Waals surface area contributed by atoms with Crippen molar-refractivity contribution in [3.8, 4) is 39.4 Å². The lowest BCUT2D eigenvalue weighted by molar-refractivity contribution is -0.0397. The van der Waals surface area contributed by atoms with Crippen molar-refractivity contribution >= 4 is 17.1 Å². The van der Waals surface area contributed by atoms with Crippen LogP contribution in [-0.2, 0) is 10.8 Å². The average molecular weight is 671 g/mol. The number of fused-ring (bicyclic) bond motifs is 6. The van der Waals surface area contributed by atoms with E-state index in [0.717, 1.165) is 23.0 Å². The van der Waals surface area contributed by atoms with Gasteiger partial charge in [-0.3, -0.25) is 0 Å². The maximum atomic E-state index is 9.38. The number of nitrogens with zero attached hydrogens (tertiary/aromatic N) is 2. The molecular weight excluding hydrogens is 629 g/mol. The van der Waals surface area contributed by atoms with Crippen LogP contribution in [0.3, 0.4) is 0 Å². The lowest BCUT2D eigenvalue weighted by Crippen LogP contribution is -2.55. The van der Waals surface area contributed by atoms with Gasteiger partial charge in [-0.05, 0) is 154 Å². The van der Waals surface area contributed by atoms with Crippen molar-refractivity contribution in [2.24, 2.45) is 23.7 Å². The topological polar surface area (TPSA) is 27.0 Å². The second-order valence-electron chi connectivity index (χ2n) is 16.9. The van der Waals surface area contributed by atoms with Crippen LogP contribution in [-0.4, -0.2) is 0 Å². The number of hydrogen-bond donors (Lipinski definition) is 0. The summed E-state index contributed by atoms with van der Waals surface area (Å²) in [5, 5.41) is 9.38. The Morgan fingerprint density at radius 2 is 1.10 bits per heavy atom. The summed E-state index contributed by atoms with van der Waals surface area (Å²) < 4.78 is 0. The fourth-order valence-corrected chi connectivity index (χ4v) is 12.2. The van der Waals surface area contributed by atoms with Crippen LogP contribution in [0.2, 0.25) is 0 Å². The van der Waals surface area contributed by atoms with E-state index in [2.05, 4.69) is 146 Å². The van der Waals surface area contributed by atoms with Crippen molar-refractivity contribution in [1.29, 1.82) is 5.26 Å². The van der Waals surface area contributed by atoms with Crippen molar-refractivity contribution < 1.29 is 0 Å². The monoisotopic (exact) mass is 670 g/mol. The Balaban J connectivity index is 1.14. The minimum absolute atomic E-state index is 0.0445. The molecule has 0 N–H and O–H groups in total. The molecule has 2 heteroatoms. The molecule has 4 bridgehead atoms. The molecule has 52 heavy (non-hydrogen) atoms. The molecule has 12 rings (SSSR count). The van der Waals surface area contributed by atoms with Crippen LogP contribution in [0.25, 0.3) is 33.4 Å². The minimum atomic E-state index is -0.0927. The third-order valence-corrected chi connectivity index (χ3v) is 14.1. The van der Waals surface area contributed by atoms with Gasteiger partial charge in [-0.2, -0.15) is 5.26 Å². The molecule has 0 aromatic heterocycles. The first-order valence-corrected chi connectivity index (χ1v) is 19.3. The Bertz CT molecular complexity index is 2430. The Morgan fingerprint density at radius 1 is 0.538 bits per heavy atom. The first-order valence-electron chi connectivity index (χ1n) is 19.3. The number of hydrogen-bond acceptors (Lipinski definition) is 2. The van der Waals surface area contributed by atoms with Crippen LogP contribution in [0.15, 0.2) is 133 Å². The molecule has 2 nitrogen and oxygen atoms in total. The fourth-order valence-electron chi connectivity index (χ4n) is 12.2. The standard InChI is InChI=1S/C50H42N2/c1-49(2)44-11-5-3-8-40(44)42-23-22-39(29-46(42)49)52(38-20-18-35(19-21-38)34-16-14-31(30-51)15-17-34)47-13-7-10-43-41-9-4-6-12-45(41)50(48(43)47)36-25-32-24-33(27-36)28-37(50)26-32/h3-23,29,32-33,36-37H,24-28H2,1-2H3. The van der Waals surface area contributed by atoms with Gasteiger partial charge >= 0.3 is 0 Å². The van der Waals surface area contributed by atoms with Crippen LogP contribution in [0, 0.1) is 35.0 Å². The van der Waals surface area contributed by atoms with Gasteiger partial charge < -0.3 is 4.90 Å². The van der Waals surface area contributed by atoms with E-state index in [4.69, 9.17) is 0 Å². The molecular formula is C50H42N2. The molecule has 6 aliphatic rings. The van der Waals surface area contributed by atoms with Gasteiger partial charge in [0.05, 0.1) is 17.3 Å². The quantitative estimate of drug-likeness (QED) is 0.187. The predicted molar refractivity (Wildman–Crippen MR) is 212 cm³/mol. The maximum absolute atomic E-state index is 9.38. The van der Waals surface area contributed by atoms with Gasteiger partial charge in [-0.15, -0.1) is 0 Å². The summed E-state index contributed by atoms with van der Waals surface area (Å²) in [6, 6.07) is 52.2. The van der Waals surface area contributed by atoms with E-state index in [-0.39, 0.29) is 10.8 Å². The molecule has 6 aromatic carbocycles. The Morgan fingerprint density at radius 3 is 1.77 bits per heavy atom. The summed E-state index contributed by atoms with van der Waals surface area (Å²) in [5.74, 6) is 3.15. The molecule has 1 spiro atoms. The molecule has 252 valence electrons. The van der Waals surface area contributed by atoms with Crippen LogP contribution in [0.1, 0.15) is 73.8 Å². The molecule has 0 heterocycles. The van der Waals surface area contributed by atoms with E-state index < -0.39 is 0 Å². The summed E-state index contributed by atoms with van der Waals surface area (Å²) in [4.78, 5) is 2.60. The van der Waals surface area contributed by atoms with Gasteiger partial charge in [0.1, 0.15) is 0 Å². The van der Waals surface area contributed by atoms with Crippen molar-refractivity contribution in [1.82, 2.24) is 0 Å². The zero-order valence-electron chi connectivity index (χ0n) is 29.9. The van der Waals surface area contributed by atoms with Crippen LogP contribution in [0.5, 0.6) is 0 Å². The SMILES string of the molecule is CC1(C)c2ccccc2-c2ccc(N(c3ccc(-c4ccc(C#N)cc4)cc3)c3cccc4c3C3(c5ccccc5-4)C4CC5CC(C4)CC3C5)cc21. The van der Waals surface area contributed by atoms with E-state index in [1.807, 2.05) is 12.1 Å². The third-order valence-electron chi connectivity index (χ3n) is 14.1. The number of nitriles is 1. The normalized spacial score (nSPS) is 24.9. The zero-order chi connectivity index (χ0) is 34.8. The number of benzene rings is 6. The summed E-state index contributed by atoms with van der Waals surface area (Å²) >= 11 is 0. The highest BCUT2D eigenvalue weighted by Gasteiger charge is 2.62. The molecule has 6 aliphatic carbocycles. The van der Waals surface area contributed by atoms with E-state index in [9.17, 15) is 5.26 Å². The summed E-state index contributed by atoms with van der Waals surface area (Å²) in [6.07, 6.45) is 6.89. The van der Waals surface area contributed by atoms with Gasteiger partial charge in [0.15, 0.2) is 0 Å². The lowest BCUT2D eigenvalue weighted by atomic mass is 9.43. The van der Waals surface area contributed by atoms with E-state index >= 15 is 0 Å². The van der Waals surface area contributed by atoms with Gasteiger partial charge in [-0.1, -0.05) is 105 Å². The zero-order valence-corrected chi connectivity index (χ0v) is 29.9. The molecule has 4 fully saturated rings. The van der Waals surface area contributed by atoms with Crippen LogP contribution in [0.4, 0.5) is 17.1 Å². The first-order chi connectivity index (χ1) is 25.4. The van der Waals surface area contributed by atoms with Crippen molar-refractivity contribution in [3.05, 3.63) is 161 Å². The molecule has 0 saturated heterocycles. The molecule has 0 amide bonds. The van der Waals surface area contributed by atoms with Crippen LogP contribution >= 0.6 is 0 Å². The molecule has 0 atom stereocenters. The van der Waals surface area contributed by atoms with Gasteiger partial charge in [0, 0.05) is 22.2 Å². The highest BCUT2D eigenvalue weighted by Crippen LogP contribution is 2.71. The molecule has 4 saturated carbocycles. The van der Waals surface area contributed by atoms with E-state index in [1.165, 1.54) is 82.5 Å². The minimum Gasteiger partial charge on any atom is -0.310 e. The largest absolute Gasteiger partial charge is 0.310 e. The Labute approximate surface area is 307 Å². The highest BCUT2D eigenvalue weighted by molar-refractivity contribution is 5.93. The summed E-state index contributed by atoms with van der Waals surface area (Å²) in [5.41, 5.74) is 18.2. The second kappa shape index (κ2) is 10.8. The Kier molecular flexibility index (Phi) is 6.29. The second-order valence-corrected chi connectivity index (χ2v) is 16.9. The fraction of sp³-hybridized carbons (Fsp3) is 0.260. The van der Waals surface area contributed by atoms with Gasteiger partial charge in [-0.25, -0.2) is 0 Å². The van der Waals surface area contributed by atoms with Crippen LogP contribution < -0.4 is 4.90 Å². The number of anilines is 3. The summed E-state index contributed by atoms with van der Waals surface area (Å²) in [6.45, 7) is 4.77. The maximum Gasteiger partial charge on any atom is 0.0991 e.